The fraction of sp³-hybridized carbons (Fsp3) is 0.125. The maximum absolute atomic E-state index is 8.43. The van der Waals surface area contributed by atoms with Crippen LogP contribution < -0.4 is 5.73 Å². The molecule has 0 saturated carbocycles. The van der Waals surface area contributed by atoms with Gasteiger partial charge < -0.3 is 5.73 Å². The lowest BCUT2D eigenvalue weighted by atomic mass is 10.1. The van der Waals surface area contributed by atoms with Gasteiger partial charge in [0.15, 0.2) is 0 Å². The largest absolute Gasteiger partial charge is 0.398 e. The van der Waals surface area contributed by atoms with Crippen LogP contribution in [-0.2, 0) is 6.42 Å². The van der Waals surface area contributed by atoms with Crippen LogP contribution in [0, 0.1) is 11.3 Å². The molecule has 0 fully saturated rings. The summed E-state index contributed by atoms with van der Waals surface area (Å²) in [6.45, 7) is 0. The highest BCUT2D eigenvalue weighted by Crippen LogP contribution is 2.29. The Kier molecular flexibility index (Phi) is 2.96. The zero-order chi connectivity index (χ0) is 9.14. The molecule has 0 spiro atoms. The van der Waals surface area contributed by atoms with E-state index in [-0.39, 0.29) is 0 Å². The Morgan fingerprint density at radius 1 is 1.58 bits per heavy atom. The average Bonchev–Trinajstić information content (AvgIpc) is 2.01. The highest BCUT2D eigenvalue weighted by molar-refractivity contribution is 9.10. The molecule has 12 heavy (non-hydrogen) atoms. The molecular weight excluding hydrogens is 239 g/mol. The van der Waals surface area contributed by atoms with Crippen LogP contribution in [0.5, 0.6) is 0 Å². The van der Waals surface area contributed by atoms with Crippen molar-refractivity contribution >= 4 is 33.2 Å². The van der Waals surface area contributed by atoms with Crippen molar-refractivity contribution in [3.63, 3.8) is 0 Å². The Labute approximate surface area is 84.1 Å². The van der Waals surface area contributed by atoms with Gasteiger partial charge in [0.25, 0.3) is 0 Å². The van der Waals surface area contributed by atoms with E-state index in [0.717, 1.165) is 5.56 Å². The number of rotatable bonds is 1. The first kappa shape index (κ1) is 9.37. The molecule has 0 heterocycles. The maximum atomic E-state index is 8.43. The summed E-state index contributed by atoms with van der Waals surface area (Å²) in [7, 11) is 0. The van der Waals surface area contributed by atoms with Gasteiger partial charge in [-0.2, -0.15) is 5.26 Å². The van der Waals surface area contributed by atoms with E-state index in [1.807, 2.05) is 6.07 Å². The minimum atomic E-state index is 0.331. The van der Waals surface area contributed by atoms with Gasteiger partial charge in [-0.1, -0.05) is 11.6 Å². The van der Waals surface area contributed by atoms with Crippen LogP contribution in [0.25, 0.3) is 0 Å². The second-order valence-electron chi connectivity index (χ2n) is 2.32. The Balaban J connectivity index is 3.14. The van der Waals surface area contributed by atoms with Crippen LogP contribution in [0.4, 0.5) is 5.69 Å². The summed E-state index contributed by atoms with van der Waals surface area (Å²) in [5.41, 5.74) is 7.01. The van der Waals surface area contributed by atoms with Crippen LogP contribution in [0.15, 0.2) is 16.6 Å². The number of benzene rings is 1. The highest BCUT2D eigenvalue weighted by Gasteiger charge is 2.03. The molecule has 0 unspecified atom stereocenters. The SMILES string of the molecule is N#CCc1cc(N)c(Br)c(Cl)c1. The summed E-state index contributed by atoms with van der Waals surface area (Å²) in [5, 5.41) is 8.97. The van der Waals surface area contributed by atoms with Crippen molar-refractivity contribution in [3.05, 3.63) is 27.2 Å². The van der Waals surface area contributed by atoms with Crippen molar-refractivity contribution < 1.29 is 0 Å². The highest BCUT2D eigenvalue weighted by atomic mass is 79.9. The van der Waals surface area contributed by atoms with Crippen LogP contribution in [0.3, 0.4) is 0 Å². The second kappa shape index (κ2) is 3.79. The summed E-state index contributed by atoms with van der Waals surface area (Å²) < 4.78 is 0.686. The smallest absolute Gasteiger partial charge is 0.0669 e. The summed E-state index contributed by atoms with van der Waals surface area (Å²) in [5.74, 6) is 0. The predicted octanol–water partition coefficient (Wildman–Crippen LogP) is 2.75. The number of anilines is 1. The van der Waals surface area contributed by atoms with E-state index in [4.69, 9.17) is 22.6 Å². The molecule has 1 aromatic rings. The second-order valence-corrected chi connectivity index (χ2v) is 3.52. The van der Waals surface area contributed by atoms with Crippen molar-refractivity contribution in [2.45, 2.75) is 6.42 Å². The number of nitriles is 1. The summed E-state index contributed by atoms with van der Waals surface area (Å²) in [6, 6.07) is 5.49. The minimum Gasteiger partial charge on any atom is -0.398 e. The fourth-order valence-corrected chi connectivity index (χ4v) is 1.34. The van der Waals surface area contributed by atoms with Gasteiger partial charge in [-0.25, -0.2) is 0 Å². The first-order valence-electron chi connectivity index (χ1n) is 3.25. The number of nitrogens with zero attached hydrogens (tertiary/aromatic N) is 1. The molecule has 2 N–H and O–H groups in total. The van der Waals surface area contributed by atoms with Crippen molar-refractivity contribution in [2.24, 2.45) is 0 Å². The number of halogens is 2. The number of nitrogens with two attached hydrogens (primary N) is 1. The molecule has 0 radical (unpaired) electrons. The van der Waals surface area contributed by atoms with Gasteiger partial charge >= 0.3 is 0 Å². The lowest BCUT2D eigenvalue weighted by Gasteiger charge is -2.02. The third kappa shape index (κ3) is 1.90. The average molecular weight is 246 g/mol. The standard InChI is InChI=1S/C8H6BrClN2/c9-8-6(10)3-5(1-2-11)4-7(8)12/h3-4H,1,12H2. The molecule has 0 saturated heterocycles. The molecule has 0 aliphatic heterocycles. The van der Waals surface area contributed by atoms with E-state index in [2.05, 4.69) is 15.9 Å². The quantitative estimate of drug-likeness (QED) is 0.774. The monoisotopic (exact) mass is 244 g/mol. The first-order chi connectivity index (χ1) is 5.65. The molecule has 4 heteroatoms. The van der Waals surface area contributed by atoms with Crippen molar-refractivity contribution in [3.8, 4) is 6.07 Å². The Hall–Kier alpha value is -0.720. The molecule has 0 aliphatic rings. The van der Waals surface area contributed by atoms with Crippen LogP contribution in [-0.4, -0.2) is 0 Å². The van der Waals surface area contributed by atoms with Gasteiger partial charge in [-0.15, -0.1) is 0 Å². The number of nitrogen functional groups attached to an aromatic ring is 1. The molecule has 0 amide bonds. The van der Waals surface area contributed by atoms with E-state index in [1.54, 1.807) is 12.1 Å². The Morgan fingerprint density at radius 3 is 2.75 bits per heavy atom. The van der Waals surface area contributed by atoms with Gasteiger partial charge in [0.1, 0.15) is 0 Å². The first-order valence-corrected chi connectivity index (χ1v) is 4.42. The lowest BCUT2D eigenvalue weighted by Crippen LogP contribution is -1.90. The molecule has 0 atom stereocenters. The Morgan fingerprint density at radius 2 is 2.25 bits per heavy atom. The molecule has 62 valence electrons. The van der Waals surface area contributed by atoms with Gasteiger partial charge in [-0.05, 0) is 33.6 Å². The van der Waals surface area contributed by atoms with Gasteiger partial charge in [0, 0.05) is 5.69 Å². The molecule has 2 nitrogen and oxygen atoms in total. The van der Waals surface area contributed by atoms with E-state index in [9.17, 15) is 0 Å². The van der Waals surface area contributed by atoms with Crippen LogP contribution in [0.1, 0.15) is 5.56 Å². The zero-order valence-electron chi connectivity index (χ0n) is 6.14. The zero-order valence-corrected chi connectivity index (χ0v) is 8.48. The molecular formula is C8H6BrClN2. The van der Waals surface area contributed by atoms with E-state index in [0.29, 0.717) is 21.6 Å². The van der Waals surface area contributed by atoms with E-state index >= 15 is 0 Å². The van der Waals surface area contributed by atoms with E-state index < -0.39 is 0 Å². The maximum Gasteiger partial charge on any atom is 0.0669 e. The third-order valence-corrected chi connectivity index (χ3v) is 2.81. The topological polar surface area (TPSA) is 49.8 Å². The van der Waals surface area contributed by atoms with Crippen molar-refractivity contribution in [1.29, 1.82) is 5.26 Å². The van der Waals surface area contributed by atoms with Crippen LogP contribution in [0.2, 0.25) is 5.02 Å². The molecule has 0 bridgehead atoms. The normalized spacial score (nSPS) is 9.42. The summed E-state index contributed by atoms with van der Waals surface area (Å²) in [6.07, 6.45) is 0.331. The number of hydrogen-bond acceptors (Lipinski definition) is 2. The van der Waals surface area contributed by atoms with Gasteiger partial charge in [-0.3, -0.25) is 0 Å². The molecule has 0 aromatic heterocycles. The van der Waals surface area contributed by atoms with E-state index in [1.165, 1.54) is 0 Å². The van der Waals surface area contributed by atoms with Gasteiger partial charge in [0.2, 0.25) is 0 Å². The predicted molar refractivity (Wildman–Crippen MR) is 52.9 cm³/mol. The molecule has 1 aromatic carbocycles. The molecule has 0 aliphatic carbocycles. The van der Waals surface area contributed by atoms with Gasteiger partial charge in [0.05, 0.1) is 22.0 Å². The van der Waals surface area contributed by atoms with Crippen molar-refractivity contribution in [2.75, 3.05) is 5.73 Å². The van der Waals surface area contributed by atoms with Crippen LogP contribution >= 0.6 is 27.5 Å². The molecule has 1 rings (SSSR count). The Bertz CT molecular complexity index is 320. The number of hydrogen-bond donors (Lipinski definition) is 1. The third-order valence-electron chi connectivity index (χ3n) is 1.40. The summed E-state index contributed by atoms with van der Waals surface area (Å²) in [4.78, 5) is 0. The minimum absolute atomic E-state index is 0.331. The summed E-state index contributed by atoms with van der Waals surface area (Å²) >= 11 is 9.04. The fourth-order valence-electron chi connectivity index (χ4n) is 0.862. The van der Waals surface area contributed by atoms with Crippen molar-refractivity contribution in [1.82, 2.24) is 0 Å². The lowest BCUT2D eigenvalue weighted by molar-refractivity contribution is 1.26.